The third-order valence-corrected chi connectivity index (χ3v) is 6.02. The van der Waals surface area contributed by atoms with E-state index in [1.165, 1.54) is 15.3 Å². The summed E-state index contributed by atoms with van der Waals surface area (Å²) in [5.41, 5.74) is 2.31. The zero-order chi connectivity index (χ0) is 15.1. The molecule has 2 N–H and O–H groups in total. The zero-order valence-corrected chi connectivity index (χ0v) is 13.9. The minimum absolute atomic E-state index is 0.0646. The van der Waals surface area contributed by atoms with Crippen molar-refractivity contribution in [3.8, 4) is 0 Å². The average molecular weight is 365 g/mol. The molecule has 2 aromatic heterocycles. The fourth-order valence-corrected chi connectivity index (χ4v) is 3.93. The van der Waals surface area contributed by atoms with Crippen molar-refractivity contribution in [1.29, 1.82) is 0 Å². The molecule has 21 heavy (non-hydrogen) atoms. The molecule has 0 aliphatic heterocycles. The summed E-state index contributed by atoms with van der Waals surface area (Å²) in [5.74, 6) is 0. The Morgan fingerprint density at radius 2 is 1.71 bits per heavy atom. The van der Waals surface area contributed by atoms with E-state index in [0.717, 1.165) is 5.56 Å². The maximum Gasteiger partial charge on any atom is 0.314 e. The van der Waals surface area contributed by atoms with Crippen molar-refractivity contribution in [2.24, 2.45) is 0 Å². The van der Waals surface area contributed by atoms with Crippen molar-refractivity contribution >= 4 is 38.3 Å². The van der Waals surface area contributed by atoms with E-state index < -0.39 is 11.1 Å². The van der Waals surface area contributed by atoms with Gasteiger partial charge in [-0.3, -0.25) is 9.59 Å². The molecule has 3 rings (SSSR count). The Labute approximate surface area is 133 Å². The molecular formula is C15H13BrN2O2S. The van der Waals surface area contributed by atoms with Crippen molar-refractivity contribution in [2.75, 3.05) is 0 Å². The number of nitrogens with one attached hydrogen (secondary N) is 2. The Kier molecular flexibility index (Phi) is 3.59. The van der Waals surface area contributed by atoms with Gasteiger partial charge in [-0.25, -0.2) is 0 Å². The van der Waals surface area contributed by atoms with Crippen LogP contribution in [0.4, 0.5) is 0 Å². The number of alkyl halides is 1. The largest absolute Gasteiger partial charge is 0.316 e. The van der Waals surface area contributed by atoms with E-state index >= 15 is 0 Å². The average Bonchev–Trinajstić information content (AvgIpc) is 2.79. The predicted molar refractivity (Wildman–Crippen MR) is 89.8 cm³/mol. The van der Waals surface area contributed by atoms with Crippen LogP contribution < -0.4 is 11.1 Å². The van der Waals surface area contributed by atoms with E-state index in [1.54, 1.807) is 11.3 Å². The van der Waals surface area contributed by atoms with Crippen molar-refractivity contribution in [2.45, 2.75) is 18.7 Å². The first-order chi connectivity index (χ1) is 9.95. The number of aryl methyl sites for hydroxylation is 2. The van der Waals surface area contributed by atoms with Crippen LogP contribution in [0, 0.1) is 13.8 Å². The van der Waals surface area contributed by atoms with E-state index in [0.29, 0.717) is 11.0 Å². The molecule has 1 atom stereocenters. The minimum Gasteiger partial charge on any atom is -0.316 e. The van der Waals surface area contributed by atoms with Gasteiger partial charge in [0.25, 0.3) is 0 Å². The van der Waals surface area contributed by atoms with Crippen LogP contribution in [0.15, 0.2) is 33.9 Å². The first-order valence-corrected chi connectivity index (χ1v) is 8.16. The number of hydrogen-bond donors (Lipinski definition) is 2. The summed E-state index contributed by atoms with van der Waals surface area (Å²) in [6.07, 6.45) is 0. The highest BCUT2D eigenvalue weighted by molar-refractivity contribution is 9.09. The molecule has 1 unspecified atom stereocenters. The highest BCUT2D eigenvalue weighted by Crippen LogP contribution is 2.37. The first-order valence-electron chi connectivity index (χ1n) is 6.43. The molecule has 0 saturated carbocycles. The lowest BCUT2D eigenvalue weighted by molar-refractivity contribution is 1.13. The Balaban J connectivity index is 2.10. The minimum atomic E-state index is -0.631. The fourth-order valence-electron chi connectivity index (χ4n) is 2.18. The Bertz CT molecular complexity index is 919. The molecule has 0 radical (unpaired) electrons. The van der Waals surface area contributed by atoms with Gasteiger partial charge in [0.1, 0.15) is 0 Å². The molecule has 108 valence electrons. The molecule has 2 heterocycles. The van der Waals surface area contributed by atoms with Gasteiger partial charge in [0.05, 0.1) is 15.9 Å². The lowest BCUT2D eigenvalue weighted by atomic mass is 10.1. The van der Waals surface area contributed by atoms with Gasteiger partial charge in [-0.05, 0) is 43.2 Å². The first kappa shape index (κ1) is 14.3. The summed E-state index contributed by atoms with van der Waals surface area (Å²) < 4.78 is 0. The van der Waals surface area contributed by atoms with Crippen LogP contribution in [0.5, 0.6) is 0 Å². The molecule has 0 bridgehead atoms. The summed E-state index contributed by atoms with van der Waals surface area (Å²) in [4.78, 5) is 30.5. The van der Waals surface area contributed by atoms with Crippen LogP contribution in [0.1, 0.15) is 25.7 Å². The topological polar surface area (TPSA) is 65.7 Å². The van der Waals surface area contributed by atoms with Gasteiger partial charge in [0.2, 0.25) is 0 Å². The summed E-state index contributed by atoms with van der Waals surface area (Å²) in [6.45, 7) is 4.20. The molecule has 0 fully saturated rings. The Hall–Kier alpha value is -1.66. The van der Waals surface area contributed by atoms with E-state index in [9.17, 15) is 9.59 Å². The number of halogens is 1. The van der Waals surface area contributed by atoms with E-state index in [-0.39, 0.29) is 4.83 Å². The third-order valence-electron chi connectivity index (χ3n) is 3.47. The van der Waals surface area contributed by atoms with Gasteiger partial charge in [-0.2, -0.15) is 0 Å². The number of hydrogen-bond acceptors (Lipinski definition) is 3. The van der Waals surface area contributed by atoms with Crippen LogP contribution >= 0.6 is 27.3 Å². The van der Waals surface area contributed by atoms with Crippen LogP contribution in [0.2, 0.25) is 0 Å². The standard InChI is InChI=1S/C15H13BrN2O2S/c1-7-5-12(21-8(7)2)13(16)9-3-4-10-11(6-9)18-15(20)14(19)17-10/h3-6,13H,1-2H3,(H,17,19)(H,18,20). The summed E-state index contributed by atoms with van der Waals surface area (Å²) >= 11 is 5.46. The molecule has 6 heteroatoms. The monoisotopic (exact) mass is 364 g/mol. The number of benzene rings is 1. The van der Waals surface area contributed by atoms with Crippen LogP contribution in [0.25, 0.3) is 11.0 Å². The van der Waals surface area contributed by atoms with Crippen LogP contribution in [0.3, 0.4) is 0 Å². The summed E-state index contributed by atoms with van der Waals surface area (Å²) in [7, 11) is 0. The molecule has 0 aliphatic carbocycles. The molecule has 0 amide bonds. The maximum absolute atomic E-state index is 11.4. The lowest BCUT2D eigenvalue weighted by Gasteiger charge is -2.09. The number of aromatic nitrogens is 2. The number of aromatic amines is 2. The van der Waals surface area contributed by atoms with Crippen molar-refractivity contribution < 1.29 is 0 Å². The number of fused-ring (bicyclic) bond motifs is 1. The Morgan fingerprint density at radius 1 is 1.05 bits per heavy atom. The highest BCUT2D eigenvalue weighted by Gasteiger charge is 2.14. The molecule has 0 saturated heterocycles. The smallest absolute Gasteiger partial charge is 0.314 e. The third kappa shape index (κ3) is 2.61. The molecule has 3 aromatic rings. The second-order valence-corrected chi connectivity index (χ2v) is 7.17. The van der Waals surface area contributed by atoms with Gasteiger partial charge in [0.15, 0.2) is 0 Å². The van der Waals surface area contributed by atoms with E-state index in [1.807, 2.05) is 18.2 Å². The second-order valence-electron chi connectivity index (χ2n) is 4.96. The molecule has 0 spiro atoms. The van der Waals surface area contributed by atoms with Crippen LogP contribution in [-0.2, 0) is 0 Å². The maximum atomic E-state index is 11.4. The zero-order valence-electron chi connectivity index (χ0n) is 11.5. The quantitative estimate of drug-likeness (QED) is 0.540. The van der Waals surface area contributed by atoms with E-state index in [4.69, 9.17) is 0 Å². The molecule has 4 nitrogen and oxygen atoms in total. The predicted octanol–water partition coefficient (Wildman–Crippen LogP) is 3.38. The van der Waals surface area contributed by atoms with Gasteiger partial charge < -0.3 is 9.97 Å². The van der Waals surface area contributed by atoms with Gasteiger partial charge in [-0.15, -0.1) is 11.3 Å². The second kappa shape index (κ2) is 5.27. The molecule has 0 aliphatic rings. The Morgan fingerprint density at radius 3 is 2.33 bits per heavy atom. The fraction of sp³-hybridized carbons (Fsp3) is 0.200. The van der Waals surface area contributed by atoms with Gasteiger partial charge in [0, 0.05) is 9.75 Å². The summed E-state index contributed by atoms with van der Waals surface area (Å²) in [6, 6.07) is 7.81. The number of thiophene rings is 1. The number of rotatable bonds is 2. The molecule has 1 aromatic carbocycles. The van der Waals surface area contributed by atoms with E-state index in [2.05, 4.69) is 45.8 Å². The van der Waals surface area contributed by atoms with Gasteiger partial charge >= 0.3 is 11.1 Å². The SMILES string of the molecule is Cc1cc(C(Br)c2ccc3[nH]c(=O)c(=O)[nH]c3c2)sc1C. The normalized spacial score (nSPS) is 12.7. The van der Waals surface area contributed by atoms with Crippen molar-refractivity contribution in [3.05, 3.63) is 65.9 Å². The van der Waals surface area contributed by atoms with Gasteiger partial charge in [-0.1, -0.05) is 22.0 Å². The highest BCUT2D eigenvalue weighted by atomic mass is 79.9. The lowest BCUT2D eigenvalue weighted by Crippen LogP contribution is -2.28. The van der Waals surface area contributed by atoms with Crippen molar-refractivity contribution in [3.63, 3.8) is 0 Å². The summed E-state index contributed by atoms with van der Waals surface area (Å²) in [5, 5.41) is 0. The molecular weight excluding hydrogens is 352 g/mol. The van der Waals surface area contributed by atoms with Crippen LogP contribution in [-0.4, -0.2) is 9.97 Å². The number of H-pyrrole nitrogens is 2. The van der Waals surface area contributed by atoms with Crippen molar-refractivity contribution in [1.82, 2.24) is 9.97 Å².